The Morgan fingerprint density at radius 1 is 0.953 bits per heavy atom. The number of fused-ring (bicyclic) bond motifs is 5. The highest BCUT2D eigenvalue weighted by atomic mass is 35.5. The molecule has 5 aliphatic rings. The number of carbonyl (C=O) groups excluding carboxylic acids is 6. The number of epoxide rings is 1. The van der Waals surface area contributed by atoms with Crippen LogP contribution in [0.15, 0.2) is 84.0 Å². The van der Waals surface area contributed by atoms with Gasteiger partial charge in [0.05, 0.1) is 36.1 Å². The number of carbonyl (C=O) groups is 6. The number of piperidine rings is 1. The van der Waals surface area contributed by atoms with Crippen LogP contribution >= 0.6 is 23.4 Å². The number of aliphatic hydroxyl groups is 1. The van der Waals surface area contributed by atoms with Crippen LogP contribution in [0.4, 0.5) is 10.5 Å². The van der Waals surface area contributed by atoms with E-state index in [0.29, 0.717) is 56.1 Å². The van der Waals surface area contributed by atoms with Gasteiger partial charge in [-0.15, -0.1) is 0 Å². The van der Waals surface area contributed by atoms with Crippen molar-refractivity contribution in [3.05, 3.63) is 94.6 Å². The molecule has 3 fully saturated rings. The Morgan fingerprint density at radius 2 is 1.65 bits per heavy atom. The molecular formula is C67H98ClN5O12S. The molecular weight excluding hydrogens is 1130 g/mol. The zero-order valence-electron chi connectivity index (χ0n) is 52.8. The molecule has 1 aliphatic carbocycles. The molecule has 1 aromatic rings. The van der Waals surface area contributed by atoms with E-state index in [1.807, 2.05) is 55.5 Å². The van der Waals surface area contributed by atoms with Crippen molar-refractivity contribution in [1.82, 2.24) is 20.4 Å². The van der Waals surface area contributed by atoms with Gasteiger partial charge in [-0.25, -0.2) is 9.59 Å². The average Bonchev–Trinajstić information content (AvgIpc) is 1.58. The fourth-order valence-electron chi connectivity index (χ4n) is 12.2. The Morgan fingerprint density at radius 3 is 2.37 bits per heavy atom. The predicted molar refractivity (Wildman–Crippen MR) is 340 cm³/mol. The molecule has 0 radical (unpaired) electrons. The van der Waals surface area contributed by atoms with Gasteiger partial charge in [-0.05, 0) is 82.6 Å². The Balaban J connectivity index is 1.10. The van der Waals surface area contributed by atoms with E-state index in [1.165, 1.54) is 42.1 Å². The lowest BCUT2D eigenvalue weighted by Gasteiger charge is -2.42. The number of alkyl carbamates (subject to hydrolysis) is 1. The van der Waals surface area contributed by atoms with Crippen LogP contribution in [0.3, 0.4) is 0 Å². The van der Waals surface area contributed by atoms with Gasteiger partial charge in [0.2, 0.25) is 23.6 Å². The molecule has 0 saturated carbocycles. The quantitative estimate of drug-likeness (QED) is 0.0449. The highest BCUT2D eigenvalue weighted by molar-refractivity contribution is 7.99. The molecule has 6 rings (SSSR count). The normalized spacial score (nSPS) is 27.2. The predicted octanol–water partition coefficient (Wildman–Crippen LogP) is 11.5. The van der Waals surface area contributed by atoms with Crippen LogP contribution in [-0.4, -0.2) is 150 Å². The van der Waals surface area contributed by atoms with Crippen LogP contribution in [0, 0.1) is 11.8 Å². The zero-order valence-corrected chi connectivity index (χ0v) is 54.4. The summed E-state index contributed by atoms with van der Waals surface area (Å²) in [6.07, 6.45) is 28.3. The Kier molecular flexibility index (Phi) is 27.0. The lowest BCUT2D eigenvalue weighted by atomic mass is 9.79. The molecule has 4 aliphatic heterocycles. The molecule has 0 spiro atoms. The maximum atomic E-state index is 14.7. The highest BCUT2D eigenvalue weighted by Gasteiger charge is 2.64. The first-order valence-corrected chi connectivity index (χ1v) is 33.0. The molecule has 86 heavy (non-hydrogen) atoms. The number of benzene rings is 1. The van der Waals surface area contributed by atoms with E-state index in [4.69, 9.17) is 35.3 Å². The molecule has 19 heteroatoms. The monoisotopic (exact) mass is 1230 g/mol. The van der Waals surface area contributed by atoms with Gasteiger partial charge in [0.15, 0.2) is 5.72 Å². The Labute approximate surface area is 521 Å². The first kappa shape index (κ1) is 69.7. The van der Waals surface area contributed by atoms with E-state index in [1.54, 1.807) is 44.9 Å². The second kappa shape index (κ2) is 33.3. The smallest absolute Gasteiger partial charge is 0.409 e. The van der Waals surface area contributed by atoms with Crippen LogP contribution in [0.25, 0.3) is 0 Å². The van der Waals surface area contributed by atoms with Crippen molar-refractivity contribution in [2.45, 2.75) is 211 Å². The number of allylic oxidation sites excluding steroid dienone is 9. The molecule has 476 valence electrons. The SMILES string of the molecule is CCCCCCCCOc1cc2cc(c1Cl)N(C)C(=O)C[C@H](OC(=O)[C@@H](C)N(C)C(=O)CCSCC(=O)N1CCC(C(=O)NC(CCC)(CCCCC)C3=C/C=C\C=C/C=C3)CC1)[C@]1(C)O[C@H]1[C@H](C)[C@@H]1C[C@@](O)(NC(=O)O1)C(OC)/C=C/C=C(\C)C2. The summed E-state index contributed by atoms with van der Waals surface area (Å²) in [5, 5.41) is 18.3. The van der Waals surface area contributed by atoms with Crippen LogP contribution in [-0.2, 0) is 49.3 Å². The molecule has 4 bridgehead atoms. The van der Waals surface area contributed by atoms with Crippen molar-refractivity contribution in [3.8, 4) is 5.75 Å². The largest absolute Gasteiger partial charge is 0.492 e. The highest BCUT2D eigenvalue weighted by Crippen LogP contribution is 2.49. The summed E-state index contributed by atoms with van der Waals surface area (Å²) in [6.45, 7) is 14.9. The van der Waals surface area contributed by atoms with Gasteiger partial charge in [-0.3, -0.25) is 24.5 Å². The summed E-state index contributed by atoms with van der Waals surface area (Å²) in [5.74, 6) is -1.47. The van der Waals surface area contributed by atoms with Crippen molar-refractivity contribution in [2.75, 3.05) is 57.3 Å². The first-order chi connectivity index (χ1) is 41.1. The van der Waals surface area contributed by atoms with Gasteiger partial charge < -0.3 is 48.8 Å². The van der Waals surface area contributed by atoms with Gasteiger partial charge in [0, 0.05) is 64.7 Å². The number of halogens is 1. The molecule has 1 aromatic carbocycles. The summed E-state index contributed by atoms with van der Waals surface area (Å²) in [5.41, 5.74) is -0.397. The third kappa shape index (κ3) is 18.8. The van der Waals surface area contributed by atoms with Gasteiger partial charge in [-0.2, -0.15) is 11.8 Å². The van der Waals surface area contributed by atoms with E-state index >= 15 is 0 Å². The van der Waals surface area contributed by atoms with Crippen molar-refractivity contribution in [2.24, 2.45) is 11.8 Å². The van der Waals surface area contributed by atoms with E-state index in [9.17, 15) is 33.9 Å². The van der Waals surface area contributed by atoms with Crippen molar-refractivity contribution in [3.63, 3.8) is 0 Å². The van der Waals surface area contributed by atoms with Gasteiger partial charge in [-0.1, -0.05) is 163 Å². The van der Waals surface area contributed by atoms with Crippen molar-refractivity contribution < 1.29 is 57.6 Å². The number of esters is 1. The molecule has 4 heterocycles. The van der Waals surface area contributed by atoms with Crippen LogP contribution in [0.2, 0.25) is 5.02 Å². The zero-order chi connectivity index (χ0) is 62.6. The number of likely N-dealkylation sites (N-methyl/N-ethyl adjacent to an activating group) is 1. The summed E-state index contributed by atoms with van der Waals surface area (Å²) < 4.78 is 30.5. The Bertz CT molecular complexity index is 2690. The number of likely N-dealkylation sites (tertiary alicyclic amines) is 1. The number of nitrogens with zero attached hydrogens (tertiary/aromatic N) is 3. The summed E-state index contributed by atoms with van der Waals surface area (Å²) in [7, 11) is 4.56. The average molecular weight is 1230 g/mol. The van der Waals surface area contributed by atoms with E-state index in [0.717, 1.165) is 87.3 Å². The van der Waals surface area contributed by atoms with Gasteiger partial charge in [0.1, 0.15) is 40.7 Å². The topological polar surface area (TPSA) is 206 Å². The minimum Gasteiger partial charge on any atom is -0.492 e. The summed E-state index contributed by atoms with van der Waals surface area (Å²) in [4.78, 5) is 88.1. The number of amides is 5. The van der Waals surface area contributed by atoms with Crippen LogP contribution < -0.4 is 20.3 Å². The number of rotatable bonds is 26. The van der Waals surface area contributed by atoms with E-state index < -0.39 is 71.2 Å². The van der Waals surface area contributed by atoms with Gasteiger partial charge >= 0.3 is 12.1 Å². The van der Waals surface area contributed by atoms with E-state index in [-0.39, 0.29) is 53.7 Å². The van der Waals surface area contributed by atoms with E-state index in [2.05, 4.69) is 43.6 Å². The minimum atomic E-state index is -1.87. The van der Waals surface area contributed by atoms with Crippen LogP contribution in [0.1, 0.15) is 163 Å². The number of ether oxygens (including phenoxy) is 5. The van der Waals surface area contributed by atoms with Gasteiger partial charge in [0.25, 0.3) is 0 Å². The fourth-order valence-corrected chi connectivity index (χ4v) is 13.3. The van der Waals surface area contributed by atoms with Crippen molar-refractivity contribution >= 4 is 64.7 Å². The first-order valence-electron chi connectivity index (χ1n) is 31.5. The number of methoxy groups -OCH3 is 1. The summed E-state index contributed by atoms with van der Waals surface area (Å²) >= 11 is 8.46. The standard InChI is InChI=1S/C67H98ClN5O12S/c1-11-14-16-17-21-25-38-82-53-42-49-40-46(4)27-26-30-55(81-10)67(80)44-54(83-64(79)70-67)47(5)61-65(7,85-61)56(43-58(75)72(9)52(41-49)60(53)68)84-63(78)48(6)71(8)57(74)33-39-86-45-59(76)73-36-31-50(32-37-73)62(77)69-66(34-13-3,35-24-15-12-2)51-28-22-19-18-20-23-29-51/h18-20,22-23,26-30,41-42,47-48,50,54-56,61,80H,11-17,21,24-25,31-40,43-45H2,1-10H3,(H,69,77)(H,70,79)/b19-18-,20-18?,22-19?,23-20-,28-22?,29-23?,30-26+,46-27+,51-28?,51-29?/t47-,48-,54+,55?,56+,61+,65+,66?,67+/m1/s1. The molecule has 17 nitrogen and oxygen atoms in total. The molecule has 2 unspecified atom stereocenters. The number of nitrogens with one attached hydrogen (secondary N) is 2. The Hall–Kier alpha value is -5.40. The molecule has 9 atom stereocenters. The third-order valence-corrected chi connectivity index (χ3v) is 19.1. The number of unbranched alkanes of at least 4 members (excludes halogenated alkanes) is 7. The fraction of sp³-hybridized carbons (Fsp3) is 0.642. The molecule has 5 amide bonds. The number of anilines is 1. The number of thioether (sulfide) groups is 1. The van der Waals surface area contributed by atoms with Crippen molar-refractivity contribution in [1.29, 1.82) is 0 Å². The second-order valence-electron chi connectivity index (χ2n) is 24.3. The lowest BCUT2D eigenvalue weighted by molar-refractivity contribution is -0.162. The molecule has 0 aromatic heterocycles. The maximum absolute atomic E-state index is 14.7. The maximum Gasteiger partial charge on any atom is 0.409 e. The minimum absolute atomic E-state index is 0.0314. The van der Waals surface area contributed by atoms with Crippen LogP contribution in [0.5, 0.6) is 5.75 Å². The number of hydrogen-bond acceptors (Lipinski definition) is 13. The molecule has 3 N–H and O–H groups in total. The third-order valence-electron chi connectivity index (χ3n) is 17.8. The lowest BCUT2D eigenvalue weighted by Crippen LogP contribution is -2.63. The number of hydrogen-bond donors (Lipinski definition) is 3. The second-order valence-corrected chi connectivity index (χ2v) is 25.8. The summed E-state index contributed by atoms with van der Waals surface area (Å²) in [6, 6.07) is 2.63. The molecule has 3 saturated heterocycles.